The van der Waals surface area contributed by atoms with Crippen molar-refractivity contribution in [3.05, 3.63) is 58.1 Å². The van der Waals surface area contributed by atoms with Gasteiger partial charge < -0.3 is 4.98 Å². The van der Waals surface area contributed by atoms with Gasteiger partial charge in [-0.1, -0.05) is 0 Å². The maximum absolute atomic E-state index is 13.4. The summed E-state index contributed by atoms with van der Waals surface area (Å²) < 4.78 is 14.8. The molecule has 0 amide bonds. The Morgan fingerprint density at radius 2 is 2.20 bits per heavy atom. The van der Waals surface area contributed by atoms with E-state index in [9.17, 15) is 9.18 Å². The zero-order valence-corrected chi connectivity index (χ0v) is 10.9. The van der Waals surface area contributed by atoms with Crippen molar-refractivity contribution in [2.24, 2.45) is 0 Å². The normalized spacial score (nSPS) is 11.4. The lowest BCUT2D eigenvalue weighted by atomic mass is 10.1. The van der Waals surface area contributed by atoms with E-state index in [1.54, 1.807) is 12.3 Å². The fourth-order valence-electron chi connectivity index (χ4n) is 2.27. The van der Waals surface area contributed by atoms with Gasteiger partial charge in [0.15, 0.2) is 0 Å². The molecule has 98 valence electrons. The number of hydrogen-bond donors (Lipinski definition) is 1. The van der Waals surface area contributed by atoms with Crippen molar-refractivity contribution in [2.75, 3.05) is 0 Å². The summed E-state index contributed by atoms with van der Waals surface area (Å²) >= 11 is 1.43. The minimum absolute atomic E-state index is 0.204. The highest BCUT2D eigenvalue weighted by atomic mass is 32.1. The summed E-state index contributed by atoms with van der Waals surface area (Å²) in [6.07, 6.45) is 1.62. The molecular weight excluding hydrogens is 277 g/mol. The van der Waals surface area contributed by atoms with E-state index in [2.05, 4.69) is 10.1 Å². The van der Waals surface area contributed by atoms with Gasteiger partial charge >= 0.3 is 0 Å². The average molecular weight is 285 g/mol. The van der Waals surface area contributed by atoms with Crippen molar-refractivity contribution in [1.29, 1.82) is 0 Å². The number of H-pyrrole nitrogens is 1. The number of thiophene rings is 1. The maximum Gasteiger partial charge on any atom is 0.283 e. The summed E-state index contributed by atoms with van der Waals surface area (Å²) in [5, 5.41) is 7.58. The van der Waals surface area contributed by atoms with Crippen LogP contribution >= 0.6 is 11.3 Å². The molecule has 0 unspecified atom stereocenters. The van der Waals surface area contributed by atoms with Crippen molar-refractivity contribution < 1.29 is 4.39 Å². The van der Waals surface area contributed by atoms with Gasteiger partial charge in [0.25, 0.3) is 5.56 Å². The molecule has 0 bridgehead atoms. The summed E-state index contributed by atoms with van der Waals surface area (Å²) in [6, 6.07) is 8.08. The summed E-state index contributed by atoms with van der Waals surface area (Å²) in [6.45, 7) is 0. The Balaban J connectivity index is 2.13. The molecule has 20 heavy (non-hydrogen) atoms. The smallest absolute Gasteiger partial charge is 0.283 e. The number of hydrogen-bond acceptors (Lipinski definition) is 3. The van der Waals surface area contributed by atoms with Crippen LogP contribution in [0.25, 0.3) is 27.2 Å². The first-order valence-electron chi connectivity index (χ1n) is 5.97. The van der Waals surface area contributed by atoms with Gasteiger partial charge in [-0.15, -0.1) is 11.3 Å². The fourth-order valence-corrected chi connectivity index (χ4v) is 2.95. The van der Waals surface area contributed by atoms with Gasteiger partial charge in [0.1, 0.15) is 16.5 Å². The second-order valence-electron chi connectivity index (χ2n) is 4.41. The third-order valence-electron chi connectivity index (χ3n) is 3.20. The molecule has 0 radical (unpaired) electrons. The SMILES string of the molecule is O=c1c2c[nH]c3ccc(F)cc3c-2nn1-c1cccs1. The molecule has 0 aliphatic carbocycles. The molecule has 2 aliphatic rings. The van der Waals surface area contributed by atoms with E-state index in [0.29, 0.717) is 16.6 Å². The quantitative estimate of drug-likeness (QED) is 0.584. The zero-order valence-electron chi connectivity index (χ0n) is 10.1. The number of benzene rings is 1. The molecule has 2 aromatic rings. The predicted octanol–water partition coefficient (Wildman–Crippen LogP) is 3.02. The topological polar surface area (TPSA) is 50.7 Å². The fraction of sp³-hybridized carbons (Fsp3) is 0. The number of pyridine rings is 1. The first kappa shape index (κ1) is 11.4. The third-order valence-corrected chi connectivity index (χ3v) is 4.05. The largest absolute Gasteiger partial charge is 0.360 e. The van der Waals surface area contributed by atoms with E-state index in [-0.39, 0.29) is 11.4 Å². The molecule has 4 nitrogen and oxygen atoms in total. The van der Waals surface area contributed by atoms with Crippen LogP contribution in [0.15, 0.2) is 46.7 Å². The van der Waals surface area contributed by atoms with Gasteiger partial charge in [-0.3, -0.25) is 4.79 Å². The highest BCUT2D eigenvalue weighted by molar-refractivity contribution is 7.12. The van der Waals surface area contributed by atoms with Crippen molar-refractivity contribution >= 4 is 22.2 Å². The molecule has 4 rings (SSSR count). The lowest BCUT2D eigenvalue weighted by Crippen LogP contribution is -2.13. The molecule has 6 heteroatoms. The van der Waals surface area contributed by atoms with Crippen molar-refractivity contribution in [1.82, 2.24) is 14.8 Å². The monoisotopic (exact) mass is 285 g/mol. The van der Waals surface area contributed by atoms with Crippen LogP contribution in [0.4, 0.5) is 4.39 Å². The van der Waals surface area contributed by atoms with Crippen LogP contribution in [-0.4, -0.2) is 14.8 Å². The highest BCUT2D eigenvalue weighted by Gasteiger charge is 2.19. The van der Waals surface area contributed by atoms with Gasteiger partial charge in [-0.2, -0.15) is 9.78 Å². The summed E-state index contributed by atoms with van der Waals surface area (Å²) in [5.41, 5.74) is 1.51. The van der Waals surface area contributed by atoms with E-state index < -0.39 is 0 Å². The molecule has 0 atom stereocenters. The summed E-state index contributed by atoms with van der Waals surface area (Å²) in [5.74, 6) is -0.350. The molecular formula is C14H8FN3OS. The number of fused-ring (bicyclic) bond motifs is 3. The number of nitrogens with zero attached hydrogens (tertiary/aromatic N) is 2. The van der Waals surface area contributed by atoms with E-state index in [4.69, 9.17) is 0 Å². The Kier molecular flexibility index (Phi) is 2.28. The van der Waals surface area contributed by atoms with E-state index in [0.717, 1.165) is 10.5 Å². The van der Waals surface area contributed by atoms with Gasteiger partial charge in [0, 0.05) is 17.1 Å². The zero-order chi connectivity index (χ0) is 13.7. The summed E-state index contributed by atoms with van der Waals surface area (Å²) in [4.78, 5) is 15.4. The molecule has 0 saturated carbocycles. The number of rotatable bonds is 1. The third kappa shape index (κ3) is 1.51. The minimum Gasteiger partial charge on any atom is -0.360 e. The van der Waals surface area contributed by atoms with Crippen LogP contribution in [-0.2, 0) is 0 Å². The van der Waals surface area contributed by atoms with Crippen LogP contribution in [0.1, 0.15) is 0 Å². The van der Waals surface area contributed by atoms with Gasteiger partial charge in [0.2, 0.25) is 0 Å². The Morgan fingerprint density at radius 3 is 3.00 bits per heavy atom. The van der Waals surface area contributed by atoms with Gasteiger partial charge in [-0.05, 0) is 35.7 Å². The lowest BCUT2D eigenvalue weighted by molar-refractivity contribution is 0.629. The predicted molar refractivity (Wildman–Crippen MR) is 76.1 cm³/mol. The minimum atomic E-state index is -0.350. The van der Waals surface area contributed by atoms with Gasteiger partial charge in [-0.25, -0.2) is 4.39 Å². The molecule has 0 fully saturated rings. The first-order chi connectivity index (χ1) is 9.74. The number of aromatic amines is 1. The first-order valence-corrected chi connectivity index (χ1v) is 6.85. The Hall–Kier alpha value is -2.47. The number of nitrogens with one attached hydrogen (secondary N) is 1. The van der Waals surface area contributed by atoms with Crippen LogP contribution in [0, 0.1) is 5.82 Å². The van der Waals surface area contributed by atoms with Crippen molar-refractivity contribution in [2.45, 2.75) is 0 Å². The molecule has 1 aromatic carbocycles. The molecule has 0 saturated heterocycles. The molecule has 3 heterocycles. The van der Waals surface area contributed by atoms with Crippen LogP contribution < -0.4 is 5.56 Å². The maximum atomic E-state index is 13.4. The van der Waals surface area contributed by atoms with Crippen LogP contribution in [0.5, 0.6) is 0 Å². The number of aromatic nitrogens is 3. The Bertz CT molecular complexity index is 939. The Morgan fingerprint density at radius 1 is 1.30 bits per heavy atom. The van der Waals surface area contributed by atoms with Crippen molar-refractivity contribution in [3.8, 4) is 16.3 Å². The molecule has 0 spiro atoms. The Labute approximate surface area is 116 Å². The average Bonchev–Trinajstić information content (AvgIpc) is 3.07. The summed E-state index contributed by atoms with van der Waals surface area (Å²) in [7, 11) is 0. The molecule has 2 aliphatic heterocycles. The van der Waals surface area contributed by atoms with E-state index >= 15 is 0 Å². The van der Waals surface area contributed by atoms with E-state index in [1.807, 2.05) is 17.5 Å². The lowest BCUT2D eigenvalue weighted by Gasteiger charge is -2.02. The second kappa shape index (κ2) is 4.01. The van der Waals surface area contributed by atoms with Crippen molar-refractivity contribution in [3.63, 3.8) is 0 Å². The van der Waals surface area contributed by atoms with Crippen LogP contribution in [0.3, 0.4) is 0 Å². The standard InChI is InChI=1S/C14H8FN3OS/c15-8-3-4-11-9(6-8)13-10(7-16-11)14(19)18(17-13)12-2-1-5-20-12/h1-7,16H. The van der Waals surface area contributed by atoms with E-state index in [1.165, 1.54) is 28.2 Å². The van der Waals surface area contributed by atoms with Crippen LogP contribution in [0.2, 0.25) is 0 Å². The molecule has 1 aromatic heterocycles. The van der Waals surface area contributed by atoms with Gasteiger partial charge in [0.05, 0.1) is 5.56 Å². The number of halogens is 1. The second-order valence-corrected chi connectivity index (χ2v) is 5.34. The highest BCUT2D eigenvalue weighted by Crippen LogP contribution is 2.27. The molecule has 1 N–H and O–H groups in total.